The molecule has 0 aliphatic rings. The highest BCUT2D eigenvalue weighted by Gasteiger charge is 2.16. The molecule has 0 aromatic carbocycles. The highest BCUT2D eigenvalue weighted by Crippen LogP contribution is 2.06. The summed E-state index contributed by atoms with van der Waals surface area (Å²) in [4.78, 5) is 11.4. The molecule has 5 nitrogen and oxygen atoms in total. The molecule has 0 saturated carbocycles. The van der Waals surface area contributed by atoms with Gasteiger partial charge in [-0.25, -0.2) is 4.79 Å². The van der Waals surface area contributed by atoms with Gasteiger partial charge in [0.15, 0.2) is 0 Å². The second-order valence-corrected chi connectivity index (χ2v) is 5.24. The highest BCUT2D eigenvalue weighted by atomic mass is 16.6. The first-order chi connectivity index (χ1) is 7.78. The molecule has 3 N–H and O–H groups in total. The summed E-state index contributed by atoms with van der Waals surface area (Å²) in [5.74, 6) is 0. The Bertz CT molecular complexity index is 222. The van der Waals surface area contributed by atoms with Crippen molar-refractivity contribution in [2.24, 2.45) is 0 Å². The van der Waals surface area contributed by atoms with Gasteiger partial charge in [0, 0.05) is 18.6 Å². The van der Waals surface area contributed by atoms with Crippen molar-refractivity contribution in [3.63, 3.8) is 0 Å². The van der Waals surface area contributed by atoms with Crippen molar-refractivity contribution in [3.05, 3.63) is 0 Å². The van der Waals surface area contributed by atoms with Crippen LogP contribution in [-0.4, -0.2) is 42.0 Å². The van der Waals surface area contributed by atoms with Crippen molar-refractivity contribution in [1.29, 1.82) is 0 Å². The number of aliphatic hydroxyl groups is 1. The van der Waals surface area contributed by atoms with E-state index < -0.39 is 11.7 Å². The lowest BCUT2D eigenvalue weighted by atomic mass is 10.2. The summed E-state index contributed by atoms with van der Waals surface area (Å²) in [5.41, 5.74) is -0.474. The molecular weight excluding hydrogens is 220 g/mol. The molecule has 0 saturated heterocycles. The van der Waals surface area contributed by atoms with Crippen LogP contribution in [0.25, 0.3) is 0 Å². The molecule has 0 bridgehead atoms. The van der Waals surface area contributed by atoms with Crippen LogP contribution in [0.3, 0.4) is 0 Å². The minimum atomic E-state index is -0.474. The molecule has 0 spiro atoms. The summed E-state index contributed by atoms with van der Waals surface area (Å²) in [7, 11) is 0. The van der Waals surface area contributed by atoms with Gasteiger partial charge in [-0.2, -0.15) is 0 Å². The fourth-order valence-electron chi connectivity index (χ4n) is 1.31. The van der Waals surface area contributed by atoms with Crippen LogP contribution in [0.2, 0.25) is 0 Å². The van der Waals surface area contributed by atoms with E-state index in [1.54, 1.807) is 0 Å². The van der Waals surface area contributed by atoms with E-state index in [0.29, 0.717) is 6.54 Å². The standard InChI is InChI=1S/C12H26N2O3/c1-6-10(8-15)14-9(2)7-13-11(16)17-12(3,4)5/h9-10,14-15H,6-8H2,1-5H3,(H,13,16)/t9?,10-/m0/s1. The van der Waals surface area contributed by atoms with E-state index in [-0.39, 0.29) is 18.7 Å². The Kier molecular flexibility index (Phi) is 7.15. The van der Waals surface area contributed by atoms with Crippen LogP contribution < -0.4 is 10.6 Å². The van der Waals surface area contributed by atoms with Gasteiger partial charge >= 0.3 is 6.09 Å². The molecular formula is C12H26N2O3. The molecule has 0 heterocycles. The largest absolute Gasteiger partial charge is 0.444 e. The van der Waals surface area contributed by atoms with Gasteiger partial charge in [-0.3, -0.25) is 0 Å². The monoisotopic (exact) mass is 246 g/mol. The van der Waals surface area contributed by atoms with Crippen molar-refractivity contribution in [2.75, 3.05) is 13.2 Å². The summed E-state index contributed by atoms with van der Waals surface area (Å²) < 4.78 is 5.12. The van der Waals surface area contributed by atoms with E-state index in [9.17, 15) is 4.79 Å². The molecule has 1 amide bonds. The van der Waals surface area contributed by atoms with Crippen LogP contribution in [0.1, 0.15) is 41.0 Å². The van der Waals surface area contributed by atoms with E-state index in [1.807, 2.05) is 34.6 Å². The zero-order valence-electron chi connectivity index (χ0n) is 11.5. The number of alkyl carbamates (subject to hydrolysis) is 1. The maximum atomic E-state index is 11.4. The van der Waals surface area contributed by atoms with Crippen LogP contribution in [0.5, 0.6) is 0 Å². The molecule has 0 rings (SSSR count). The first-order valence-electron chi connectivity index (χ1n) is 6.12. The minimum absolute atomic E-state index is 0.0745. The summed E-state index contributed by atoms with van der Waals surface area (Å²) in [5, 5.41) is 14.9. The number of amides is 1. The first kappa shape index (κ1) is 16.2. The molecule has 1 unspecified atom stereocenters. The van der Waals surface area contributed by atoms with E-state index in [2.05, 4.69) is 10.6 Å². The SMILES string of the molecule is CC[C@@H](CO)NC(C)CNC(=O)OC(C)(C)C. The second kappa shape index (κ2) is 7.50. The number of aliphatic hydroxyl groups excluding tert-OH is 1. The lowest BCUT2D eigenvalue weighted by Crippen LogP contribution is -2.45. The Balaban J connectivity index is 3.84. The summed E-state index contributed by atoms with van der Waals surface area (Å²) in [6.45, 7) is 10.0. The predicted octanol–water partition coefficient (Wildman–Crippen LogP) is 1.26. The van der Waals surface area contributed by atoms with Crippen molar-refractivity contribution in [2.45, 2.75) is 58.7 Å². The van der Waals surface area contributed by atoms with Gasteiger partial charge in [-0.15, -0.1) is 0 Å². The van der Waals surface area contributed by atoms with Crippen LogP contribution in [0.4, 0.5) is 4.79 Å². The normalized spacial score (nSPS) is 15.2. The second-order valence-electron chi connectivity index (χ2n) is 5.24. The topological polar surface area (TPSA) is 70.6 Å². The Labute approximate surface area is 104 Å². The van der Waals surface area contributed by atoms with Crippen molar-refractivity contribution in [3.8, 4) is 0 Å². The predicted molar refractivity (Wildman–Crippen MR) is 68.0 cm³/mol. The van der Waals surface area contributed by atoms with Gasteiger partial charge in [-0.05, 0) is 34.1 Å². The maximum Gasteiger partial charge on any atom is 0.407 e. The molecule has 2 atom stereocenters. The average Bonchev–Trinajstić information content (AvgIpc) is 2.20. The number of hydrogen-bond donors (Lipinski definition) is 3. The van der Waals surface area contributed by atoms with E-state index >= 15 is 0 Å². The van der Waals surface area contributed by atoms with E-state index in [0.717, 1.165) is 6.42 Å². The minimum Gasteiger partial charge on any atom is -0.444 e. The average molecular weight is 246 g/mol. The Morgan fingerprint density at radius 2 is 2.00 bits per heavy atom. The number of ether oxygens (including phenoxy) is 1. The zero-order chi connectivity index (χ0) is 13.5. The number of nitrogens with one attached hydrogen (secondary N) is 2. The molecule has 0 fully saturated rings. The van der Waals surface area contributed by atoms with Gasteiger partial charge in [0.05, 0.1) is 6.61 Å². The quantitative estimate of drug-likeness (QED) is 0.660. The van der Waals surface area contributed by atoms with E-state index in [4.69, 9.17) is 9.84 Å². The third kappa shape index (κ3) is 8.94. The number of rotatable bonds is 6. The Morgan fingerprint density at radius 3 is 2.41 bits per heavy atom. The number of carbonyl (C=O) groups is 1. The fraction of sp³-hybridized carbons (Fsp3) is 0.917. The molecule has 5 heteroatoms. The first-order valence-corrected chi connectivity index (χ1v) is 6.12. The Morgan fingerprint density at radius 1 is 1.41 bits per heavy atom. The van der Waals surface area contributed by atoms with Crippen LogP contribution >= 0.6 is 0 Å². The molecule has 0 aromatic heterocycles. The van der Waals surface area contributed by atoms with Crippen molar-refractivity contribution < 1.29 is 14.6 Å². The molecule has 0 aliphatic carbocycles. The number of hydrogen-bond acceptors (Lipinski definition) is 4. The Hall–Kier alpha value is -0.810. The fourth-order valence-corrected chi connectivity index (χ4v) is 1.31. The van der Waals surface area contributed by atoms with Crippen LogP contribution in [0, 0.1) is 0 Å². The molecule has 0 radical (unpaired) electrons. The zero-order valence-corrected chi connectivity index (χ0v) is 11.5. The molecule has 102 valence electrons. The van der Waals surface area contributed by atoms with Crippen LogP contribution in [-0.2, 0) is 4.74 Å². The van der Waals surface area contributed by atoms with Gasteiger partial charge in [0.2, 0.25) is 0 Å². The number of carbonyl (C=O) groups excluding carboxylic acids is 1. The van der Waals surface area contributed by atoms with Crippen molar-refractivity contribution in [1.82, 2.24) is 10.6 Å². The third-order valence-corrected chi connectivity index (χ3v) is 2.18. The lowest BCUT2D eigenvalue weighted by molar-refractivity contribution is 0.0522. The highest BCUT2D eigenvalue weighted by molar-refractivity contribution is 5.67. The lowest BCUT2D eigenvalue weighted by Gasteiger charge is -2.23. The molecule has 0 aliphatic heterocycles. The van der Waals surface area contributed by atoms with E-state index in [1.165, 1.54) is 0 Å². The van der Waals surface area contributed by atoms with Gasteiger partial charge in [-0.1, -0.05) is 6.92 Å². The summed E-state index contributed by atoms with van der Waals surface area (Å²) >= 11 is 0. The molecule has 0 aromatic rings. The summed E-state index contributed by atoms with van der Waals surface area (Å²) in [6, 6.07) is 0.171. The van der Waals surface area contributed by atoms with Crippen LogP contribution in [0.15, 0.2) is 0 Å². The van der Waals surface area contributed by atoms with Gasteiger partial charge < -0.3 is 20.5 Å². The molecule has 17 heavy (non-hydrogen) atoms. The third-order valence-electron chi connectivity index (χ3n) is 2.18. The van der Waals surface area contributed by atoms with Crippen molar-refractivity contribution >= 4 is 6.09 Å². The smallest absolute Gasteiger partial charge is 0.407 e. The van der Waals surface area contributed by atoms with Gasteiger partial charge in [0.1, 0.15) is 5.60 Å². The summed E-state index contributed by atoms with van der Waals surface area (Å²) in [6.07, 6.45) is 0.441. The maximum absolute atomic E-state index is 11.4. The van der Waals surface area contributed by atoms with Gasteiger partial charge in [0.25, 0.3) is 0 Å².